The van der Waals surface area contributed by atoms with E-state index in [0.29, 0.717) is 0 Å². The molecule has 100 valence electrons. The van der Waals surface area contributed by atoms with Crippen LogP contribution in [0, 0.1) is 13.8 Å². The van der Waals surface area contributed by atoms with Crippen LogP contribution in [0.3, 0.4) is 0 Å². The highest BCUT2D eigenvalue weighted by Gasteiger charge is 2.19. The largest absolute Gasteiger partial charge is 0.504 e. The summed E-state index contributed by atoms with van der Waals surface area (Å²) in [5.74, 6) is -0.802. The van der Waals surface area contributed by atoms with Gasteiger partial charge in [0.25, 0.3) is 0 Å². The van der Waals surface area contributed by atoms with Crippen LogP contribution in [0.15, 0.2) is 46.2 Å². The molecule has 0 aliphatic carbocycles. The SMILES string of the molecule is Cc1ccc(S(=O)(=O)c2ccc(O)c(O)c2)cc1C. The highest BCUT2D eigenvalue weighted by Crippen LogP contribution is 2.30. The summed E-state index contributed by atoms with van der Waals surface area (Å²) in [5.41, 5.74) is 1.89. The molecule has 0 saturated heterocycles. The Hall–Kier alpha value is -2.01. The lowest BCUT2D eigenvalue weighted by molar-refractivity contribution is 0.402. The molecule has 4 nitrogen and oxygen atoms in total. The standard InChI is InChI=1S/C14H14O4S/c1-9-3-4-11(7-10(9)2)19(17,18)12-5-6-13(15)14(16)8-12/h3-8,15-16H,1-2H3. The Kier molecular flexibility index (Phi) is 3.24. The van der Waals surface area contributed by atoms with E-state index in [2.05, 4.69) is 0 Å². The maximum absolute atomic E-state index is 12.4. The van der Waals surface area contributed by atoms with E-state index in [9.17, 15) is 18.6 Å². The van der Waals surface area contributed by atoms with Gasteiger partial charge in [-0.1, -0.05) is 6.07 Å². The molecule has 0 atom stereocenters. The van der Waals surface area contributed by atoms with Crippen LogP contribution in [-0.4, -0.2) is 18.6 Å². The first-order valence-electron chi connectivity index (χ1n) is 5.66. The van der Waals surface area contributed by atoms with Crippen LogP contribution < -0.4 is 0 Å². The van der Waals surface area contributed by atoms with Crippen molar-refractivity contribution in [1.82, 2.24) is 0 Å². The predicted octanol–water partition coefficient (Wildman–Crippen LogP) is 2.55. The van der Waals surface area contributed by atoms with E-state index in [1.54, 1.807) is 12.1 Å². The van der Waals surface area contributed by atoms with Crippen LogP contribution in [0.4, 0.5) is 0 Å². The van der Waals surface area contributed by atoms with Gasteiger partial charge >= 0.3 is 0 Å². The van der Waals surface area contributed by atoms with Gasteiger partial charge in [0.05, 0.1) is 9.79 Å². The summed E-state index contributed by atoms with van der Waals surface area (Å²) in [4.78, 5) is 0.117. The third-order valence-corrected chi connectivity index (χ3v) is 4.79. The highest BCUT2D eigenvalue weighted by molar-refractivity contribution is 7.91. The van der Waals surface area contributed by atoms with Crippen molar-refractivity contribution in [2.75, 3.05) is 0 Å². The molecule has 0 aliphatic rings. The van der Waals surface area contributed by atoms with Gasteiger partial charge in [-0.05, 0) is 49.2 Å². The van der Waals surface area contributed by atoms with Crippen molar-refractivity contribution in [3.8, 4) is 11.5 Å². The molecule has 2 N–H and O–H groups in total. The minimum absolute atomic E-state index is 0.0500. The number of aromatic hydroxyl groups is 2. The lowest BCUT2D eigenvalue weighted by atomic mass is 10.1. The molecule has 19 heavy (non-hydrogen) atoms. The molecule has 0 fully saturated rings. The van der Waals surface area contributed by atoms with E-state index in [1.165, 1.54) is 12.1 Å². The summed E-state index contributed by atoms with van der Waals surface area (Å²) >= 11 is 0. The number of hydrogen-bond acceptors (Lipinski definition) is 4. The molecule has 2 aromatic rings. The summed E-state index contributed by atoms with van der Waals surface area (Å²) in [6.45, 7) is 3.74. The van der Waals surface area contributed by atoms with E-state index in [-0.39, 0.29) is 15.5 Å². The van der Waals surface area contributed by atoms with Gasteiger partial charge in [-0.3, -0.25) is 0 Å². The second kappa shape index (κ2) is 4.59. The van der Waals surface area contributed by atoms with Gasteiger partial charge in [0.1, 0.15) is 0 Å². The molecule has 0 bridgehead atoms. The Morgan fingerprint density at radius 1 is 0.789 bits per heavy atom. The number of rotatable bonds is 2. The summed E-state index contributed by atoms with van der Waals surface area (Å²) in [7, 11) is -3.69. The zero-order valence-electron chi connectivity index (χ0n) is 10.6. The highest BCUT2D eigenvalue weighted by atomic mass is 32.2. The summed E-state index contributed by atoms with van der Waals surface area (Å²) in [5, 5.41) is 18.6. The van der Waals surface area contributed by atoms with Gasteiger partial charge in [-0.25, -0.2) is 8.42 Å². The normalized spacial score (nSPS) is 11.5. The Bertz CT molecular complexity index is 676. The fourth-order valence-electron chi connectivity index (χ4n) is 1.69. The Labute approximate surface area is 111 Å². The minimum atomic E-state index is -3.69. The van der Waals surface area contributed by atoms with Crippen molar-refractivity contribution >= 4 is 9.84 Å². The molecule has 0 heterocycles. The van der Waals surface area contributed by atoms with Crippen LogP contribution in [0.2, 0.25) is 0 Å². The molecule has 0 amide bonds. The van der Waals surface area contributed by atoms with Crippen LogP contribution >= 0.6 is 0 Å². The van der Waals surface area contributed by atoms with Crippen LogP contribution in [0.5, 0.6) is 11.5 Å². The summed E-state index contributed by atoms with van der Waals surface area (Å²) < 4.78 is 24.7. The molecule has 0 aliphatic heterocycles. The Morgan fingerprint density at radius 3 is 1.95 bits per heavy atom. The zero-order chi connectivity index (χ0) is 14.2. The molecule has 0 saturated carbocycles. The van der Waals surface area contributed by atoms with E-state index in [4.69, 9.17) is 0 Å². The summed E-state index contributed by atoms with van der Waals surface area (Å²) in [6.07, 6.45) is 0. The van der Waals surface area contributed by atoms with Gasteiger partial charge in [0.2, 0.25) is 9.84 Å². The topological polar surface area (TPSA) is 74.6 Å². The van der Waals surface area contributed by atoms with E-state index in [0.717, 1.165) is 23.3 Å². The van der Waals surface area contributed by atoms with Crippen molar-refractivity contribution < 1.29 is 18.6 Å². The number of phenols is 2. The van der Waals surface area contributed by atoms with Crippen molar-refractivity contribution in [3.63, 3.8) is 0 Å². The zero-order valence-corrected chi connectivity index (χ0v) is 11.4. The summed E-state index contributed by atoms with van der Waals surface area (Å²) in [6, 6.07) is 8.32. The maximum Gasteiger partial charge on any atom is 0.206 e. The first-order valence-corrected chi connectivity index (χ1v) is 7.15. The fraction of sp³-hybridized carbons (Fsp3) is 0.143. The molecule has 5 heteroatoms. The number of phenolic OH excluding ortho intramolecular Hbond substituents is 2. The molecule has 2 aromatic carbocycles. The number of benzene rings is 2. The third kappa shape index (κ3) is 2.42. The second-order valence-corrected chi connectivity index (χ2v) is 6.35. The molecule has 2 rings (SSSR count). The smallest absolute Gasteiger partial charge is 0.206 e. The van der Waals surface area contributed by atoms with E-state index < -0.39 is 15.6 Å². The maximum atomic E-state index is 12.4. The lowest BCUT2D eigenvalue weighted by Crippen LogP contribution is -2.02. The van der Waals surface area contributed by atoms with Crippen molar-refractivity contribution in [1.29, 1.82) is 0 Å². The average molecular weight is 278 g/mol. The molecular formula is C14H14O4S. The average Bonchev–Trinajstić information content (AvgIpc) is 2.35. The third-order valence-electron chi connectivity index (χ3n) is 3.05. The first-order chi connectivity index (χ1) is 8.82. The van der Waals surface area contributed by atoms with Crippen LogP contribution in [-0.2, 0) is 9.84 Å². The quantitative estimate of drug-likeness (QED) is 0.828. The van der Waals surface area contributed by atoms with Gasteiger partial charge in [0.15, 0.2) is 11.5 Å². The van der Waals surface area contributed by atoms with Crippen molar-refractivity contribution in [2.24, 2.45) is 0 Å². The van der Waals surface area contributed by atoms with E-state index >= 15 is 0 Å². The minimum Gasteiger partial charge on any atom is -0.504 e. The molecule has 0 radical (unpaired) electrons. The monoisotopic (exact) mass is 278 g/mol. The number of sulfone groups is 1. The van der Waals surface area contributed by atoms with Crippen molar-refractivity contribution in [2.45, 2.75) is 23.6 Å². The molecule has 0 unspecified atom stereocenters. The second-order valence-electron chi connectivity index (χ2n) is 4.40. The van der Waals surface area contributed by atoms with Crippen LogP contribution in [0.25, 0.3) is 0 Å². The van der Waals surface area contributed by atoms with Crippen molar-refractivity contribution in [3.05, 3.63) is 47.5 Å². The fourth-order valence-corrected chi connectivity index (χ4v) is 3.05. The van der Waals surface area contributed by atoms with Gasteiger partial charge in [0, 0.05) is 6.07 Å². The predicted molar refractivity (Wildman–Crippen MR) is 71.1 cm³/mol. The lowest BCUT2D eigenvalue weighted by Gasteiger charge is -2.08. The molecule has 0 spiro atoms. The number of hydrogen-bond donors (Lipinski definition) is 2. The molecule has 0 aromatic heterocycles. The van der Waals surface area contributed by atoms with E-state index in [1.807, 2.05) is 13.8 Å². The van der Waals surface area contributed by atoms with Gasteiger partial charge in [-0.2, -0.15) is 0 Å². The van der Waals surface area contributed by atoms with Gasteiger partial charge in [-0.15, -0.1) is 0 Å². The Morgan fingerprint density at radius 2 is 1.37 bits per heavy atom. The van der Waals surface area contributed by atoms with Crippen LogP contribution in [0.1, 0.15) is 11.1 Å². The molecular weight excluding hydrogens is 264 g/mol. The Balaban J connectivity index is 2.58. The first kappa shape index (κ1) is 13.4. The van der Waals surface area contributed by atoms with Gasteiger partial charge < -0.3 is 10.2 Å². The number of aryl methyl sites for hydroxylation is 2.